The molecule has 1 aliphatic rings. The molecule has 1 heterocycles. The van der Waals surface area contributed by atoms with Gasteiger partial charge < -0.3 is 0 Å². The fraction of sp³-hybridized carbons (Fsp3) is 0. The normalized spacial score (nSPS) is 12.5. The minimum atomic E-state index is 0.651. The molecule has 186 valence electrons. The van der Waals surface area contributed by atoms with Gasteiger partial charge in [-0.05, 0) is 69.9 Å². The van der Waals surface area contributed by atoms with E-state index in [1.807, 2.05) is 48.5 Å². The van der Waals surface area contributed by atoms with E-state index in [-0.39, 0.29) is 0 Å². The van der Waals surface area contributed by atoms with E-state index in [4.69, 9.17) is 4.99 Å². The Morgan fingerprint density at radius 1 is 0.525 bits per heavy atom. The first-order chi connectivity index (χ1) is 19.8. The van der Waals surface area contributed by atoms with Gasteiger partial charge in [0.1, 0.15) is 5.69 Å². The van der Waals surface area contributed by atoms with Crippen molar-refractivity contribution in [3.8, 4) is 28.3 Å². The van der Waals surface area contributed by atoms with Crippen molar-refractivity contribution in [1.29, 1.82) is 5.26 Å². The Hall–Kier alpha value is -5.59. The molecule has 6 aromatic rings. The van der Waals surface area contributed by atoms with Crippen molar-refractivity contribution in [3.05, 3.63) is 162 Å². The maximum absolute atomic E-state index is 9.33. The van der Waals surface area contributed by atoms with Crippen LogP contribution in [0.5, 0.6) is 0 Å². The van der Waals surface area contributed by atoms with Crippen LogP contribution >= 0.6 is 0 Å². The van der Waals surface area contributed by atoms with Gasteiger partial charge in [0, 0.05) is 5.56 Å². The van der Waals surface area contributed by atoms with Gasteiger partial charge in [-0.1, -0.05) is 108 Å². The molecule has 0 radical (unpaired) electrons. The second-order valence-corrected chi connectivity index (χ2v) is 9.74. The van der Waals surface area contributed by atoms with Gasteiger partial charge in [0.05, 0.1) is 22.8 Å². The number of nitrogens with zero attached hydrogens (tertiary/aromatic N) is 3. The summed E-state index contributed by atoms with van der Waals surface area (Å²) in [6.07, 6.45) is 0. The van der Waals surface area contributed by atoms with E-state index in [0.717, 1.165) is 50.7 Å². The minimum Gasteiger partial charge on any atom is -0.192 e. The van der Waals surface area contributed by atoms with Crippen LogP contribution in [-0.4, -0.2) is 16.2 Å². The van der Waals surface area contributed by atoms with Crippen molar-refractivity contribution in [3.63, 3.8) is 0 Å². The Kier molecular flexibility index (Phi) is 5.85. The highest BCUT2D eigenvalue weighted by Crippen LogP contribution is 2.40. The standard InChI is InChI=1S/C37H24N3/c38-25-26-19-21-28(22-20-26)31-16-9-10-18-33(31)35-32-17-8-7-11-27(32)23-24-34(35)37-39-36(29-12-3-1-4-13-29)40(37)30-14-5-2-6-15-30/h1-24H/q+1. The van der Waals surface area contributed by atoms with E-state index in [1.54, 1.807) is 0 Å². The molecular weight excluding hydrogens is 486 g/mol. The van der Waals surface area contributed by atoms with Crippen LogP contribution in [0.3, 0.4) is 0 Å². The number of para-hydroxylation sites is 1. The zero-order valence-corrected chi connectivity index (χ0v) is 21.7. The SMILES string of the molecule is N#Cc1ccc(-c2ccccc2-c2c(C3=[N+](c4ccccc4)C(c4ccccc4)=N3)ccc3ccccc23)cc1. The molecule has 0 saturated carbocycles. The summed E-state index contributed by atoms with van der Waals surface area (Å²) < 4.78 is 2.26. The topological polar surface area (TPSA) is 39.2 Å². The third-order valence-electron chi connectivity index (χ3n) is 7.37. The Morgan fingerprint density at radius 3 is 1.93 bits per heavy atom. The Morgan fingerprint density at radius 2 is 1.18 bits per heavy atom. The molecule has 1 aliphatic heterocycles. The van der Waals surface area contributed by atoms with Gasteiger partial charge >= 0.3 is 0 Å². The van der Waals surface area contributed by atoms with Crippen molar-refractivity contribution in [1.82, 2.24) is 0 Å². The number of aliphatic imine (C=N–C) groups is 1. The van der Waals surface area contributed by atoms with E-state index < -0.39 is 0 Å². The summed E-state index contributed by atoms with van der Waals surface area (Å²) in [6, 6.07) is 52.2. The highest BCUT2D eigenvalue weighted by molar-refractivity contribution is 6.21. The number of hydrogen-bond acceptors (Lipinski definition) is 2. The van der Waals surface area contributed by atoms with Gasteiger partial charge in [-0.15, -0.1) is 0 Å². The molecule has 0 spiro atoms. The summed E-state index contributed by atoms with van der Waals surface area (Å²) in [7, 11) is 0. The summed E-state index contributed by atoms with van der Waals surface area (Å²) >= 11 is 0. The van der Waals surface area contributed by atoms with Gasteiger partial charge in [-0.2, -0.15) is 9.84 Å². The van der Waals surface area contributed by atoms with Gasteiger partial charge in [0.2, 0.25) is 0 Å². The Labute approximate surface area is 233 Å². The number of fused-ring (bicyclic) bond motifs is 1. The first-order valence-electron chi connectivity index (χ1n) is 13.3. The molecule has 0 atom stereocenters. The average molecular weight is 511 g/mol. The fourth-order valence-electron chi connectivity index (χ4n) is 5.46. The molecule has 0 aromatic heterocycles. The molecule has 3 heteroatoms. The van der Waals surface area contributed by atoms with Crippen LogP contribution in [0, 0.1) is 11.3 Å². The van der Waals surface area contributed by atoms with Crippen molar-refractivity contribution in [2.45, 2.75) is 0 Å². The van der Waals surface area contributed by atoms with Crippen molar-refractivity contribution < 1.29 is 4.58 Å². The number of hydrogen-bond donors (Lipinski definition) is 0. The minimum absolute atomic E-state index is 0.651. The molecular formula is C37H24N3+. The summed E-state index contributed by atoms with van der Waals surface area (Å²) in [5.41, 5.74) is 8.33. The lowest BCUT2D eigenvalue weighted by Gasteiger charge is -2.22. The van der Waals surface area contributed by atoms with Crippen LogP contribution in [0.1, 0.15) is 16.7 Å². The highest BCUT2D eigenvalue weighted by atomic mass is 15.2. The molecule has 0 N–H and O–H groups in total. The zero-order valence-electron chi connectivity index (χ0n) is 21.7. The fourth-order valence-corrected chi connectivity index (χ4v) is 5.46. The van der Waals surface area contributed by atoms with Crippen LogP contribution in [-0.2, 0) is 0 Å². The predicted molar refractivity (Wildman–Crippen MR) is 163 cm³/mol. The molecule has 0 fully saturated rings. The maximum atomic E-state index is 9.33. The molecule has 0 unspecified atom stereocenters. The quantitative estimate of drug-likeness (QED) is 0.214. The van der Waals surface area contributed by atoms with Crippen molar-refractivity contribution >= 4 is 28.1 Å². The number of rotatable bonds is 5. The average Bonchev–Trinajstić information content (AvgIpc) is 3.01. The first kappa shape index (κ1) is 23.5. The van der Waals surface area contributed by atoms with Gasteiger partial charge in [0.25, 0.3) is 11.7 Å². The van der Waals surface area contributed by atoms with E-state index in [0.29, 0.717) is 5.56 Å². The molecule has 7 rings (SSSR count). The monoisotopic (exact) mass is 510 g/mol. The van der Waals surface area contributed by atoms with Crippen LogP contribution in [0.25, 0.3) is 33.0 Å². The van der Waals surface area contributed by atoms with Crippen LogP contribution < -0.4 is 0 Å². The van der Waals surface area contributed by atoms with Gasteiger partial charge in [-0.25, -0.2) is 0 Å². The van der Waals surface area contributed by atoms with Crippen LogP contribution in [0.15, 0.2) is 151 Å². The molecule has 3 nitrogen and oxygen atoms in total. The number of amidine groups is 2. The van der Waals surface area contributed by atoms with E-state index in [1.165, 1.54) is 10.8 Å². The molecule has 40 heavy (non-hydrogen) atoms. The lowest BCUT2D eigenvalue weighted by molar-refractivity contribution is -0.319. The van der Waals surface area contributed by atoms with E-state index >= 15 is 0 Å². The maximum Gasteiger partial charge on any atom is 0.279 e. The van der Waals surface area contributed by atoms with Crippen LogP contribution in [0.4, 0.5) is 5.69 Å². The Balaban J connectivity index is 1.50. The molecule has 0 aliphatic carbocycles. The molecule has 0 bridgehead atoms. The molecule has 6 aromatic carbocycles. The smallest absolute Gasteiger partial charge is 0.192 e. The first-order valence-corrected chi connectivity index (χ1v) is 13.3. The second kappa shape index (κ2) is 9.94. The summed E-state index contributed by atoms with van der Waals surface area (Å²) in [5, 5.41) is 11.7. The van der Waals surface area contributed by atoms with E-state index in [2.05, 4.69) is 108 Å². The van der Waals surface area contributed by atoms with Gasteiger partial charge in [-0.3, -0.25) is 0 Å². The molecule has 0 amide bonds. The summed E-state index contributed by atoms with van der Waals surface area (Å²) in [5.74, 6) is 1.85. The zero-order chi connectivity index (χ0) is 26.9. The molecule has 0 saturated heterocycles. The lowest BCUT2D eigenvalue weighted by Crippen LogP contribution is -2.34. The predicted octanol–water partition coefficient (Wildman–Crippen LogP) is 8.60. The van der Waals surface area contributed by atoms with Gasteiger partial charge in [0.15, 0.2) is 0 Å². The lowest BCUT2D eigenvalue weighted by atomic mass is 9.87. The second-order valence-electron chi connectivity index (χ2n) is 9.74. The largest absolute Gasteiger partial charge is 0.279 e. The van der Waals surface area contributed by atoms with Crippen LogP contribution in [0.2, 0.25) is 0 Å². The highest BCUT2D eigenvalue weighted by Gasteiger charge is 2.35. The Bertz CT molecular complexity index is 1980. The summed E-state index contributed by atoms with van der Waals surface area (Å²) in [6.45, 7) is 0. The van der Waals surface area contributed by atoms with Crippen molar-refractivity contribution in [2.75, 3.05) is 0 Å². The number of nitriles is 1. The van der Waals surface area contributed by atoms with E-state index in [9.17, 15) is 5.26 Å². The third kappa shape index (κ3) is 4.00. The van der Waals surface area contributed by atoms with Crippen molar-refractivity contribution in [2.24, 2.45) is 4.99 Å². The summed E-state index contributed by atoms with van der Waals surface area (Å²) in [4.78, 5) is 5.16. The number of benzene rings is 6. The third-order valence-corrected chi connectivity index (χ3v) is 7.37.